The summed E-state index contributed by atoms with van der Waals surface area (Å²) in [5.41, 5.74) is 8.43. The normalized spacial score (nSPS) is 11.1. The van der Waals surface area contributed by atoms with Gasteiger partial charge in [-0.05, 0) is 43.2 Å². The molecule has 7 heteroatoms. The average Bonchev–Trinajstić information content (AvgIpc) is 2.68. The molecule has 0 heterocycles. The van der Waals surface area contributed by atoms with Crippen LogP contribution in [0.3, 0.4) is 0 Å². The van der Waals surface area contributed by atoms with Gasteiger partial charge >= 0.3 is 0 Å². The van der Waals surface area contributed by atoms with Gasteiger partial charge in [-0.15, -0.1) is 12.4 Å². The zero-order valence-corrected chi connectivity index (χ0v) is 17.1. The Labute approximate surface area is 172 Å². The second kappa shape index (κ2) is 12.0. The number of benzene rings is 2. The number of nitrogens with two attached hydrogens (primary N) is 1. The summed E-state index contributed by atoms with van der Waals surface area (Å²) in [6, 6.07) is 15.1. The number of halogens is 1. The first-order valence-corrected chi connectivity index (χ1v) is 9.04. The Kier molecular flexibility index (Phi) is 10.1. The number of nitrogens with one attached hydrogen (secondary N) is 2. The van der Waals surface area contributed by atoms with E-state index in [1.165, 1.54) is 0 Å². The number of rotatable bonds is 9. The Hall–Kier alpha value is -2.57. The van der Waals surface area contributed by atoms with Crippen LogP contribution >= 0.6 is 12.4 Å². The van der Waals surface area contributed by atoms with E-state index in [2.05, 4.69) is 10.6 Å². The van der Waals surface area contributed by atoms with Gasteiger partial charge in [-0.3, -0.25) is 9.59 Å². The number of carbonyl (C=O) groups excluding carboxylic acids is 2. The molecule has 0 aromatic heterocycles. The fraction of sp³-hybridized carbons (Fsp3) is 0.333. The number of aryl methyl sites for hydroxylation is 1. The lowest BCUT2D eigenvalue weighted by atomic mass is 10.1. The first-order valence-electron chi connectivity index (χ1n) is 9.04. The smallest absolute Gasteiger partial charge is 0.262 e. The molecule has 0 aliphatic carbocycles. The Morgan fingerprint density at radius 2 is 1.71 bits per heavy atom. The summed E-state index contributed by atoms with van der Waals surface area (Å²) >= 11 is 0. The van der Waals surface area contributed by atoms with Gasteiger partial charge in [0, 0.05) is 24.7 Å². The second-order valence-corrected chi connectivity index (χ2v) is 6.52. The molecule has 0 fully saturated rings. The number of hydrogen-bond donors (Lipinski definition) is 3. The SMILES string of the molecule is Cc1ccc(NC(=O)COc2ccc(CCNC(=O)C(C)CN)cc2)cc1.Cl. The third-order valence-corrected chi connectivity index (χ3v) is 4.14. The predicted octanol–water partition coefficient (Wildman–Crippen LogP) is 2.69. The Morgan fingerprint density at radius 1 is 1.07 bits per heavy atom. The van der Waals surface area contributed by atoms with Crippen LogP contribution in [0.2, 0.25) is 0 Å². The van der Waals surface area contributed by atoms with Crippen molar-refractivity contribution in [1.82, 2.24) is 5.32 Å². The minimum absolute atomic E-state index is 0. The van der Waals surface area contributed by atoms with Crippen molar-refractivity contribution in [1.29, 1.82) is 0 Å². The molecule has 1 atom stereocenters. The van der Waals surface area contributed by atoms with Gasteiger partial charge in [-0.1, -0.05) is 36.8 Å². The molecular formula is C21H28ClN3O3. The van der Waals surface area contributed by atoms with Crippen molar-refractivity contribution in [2.45, 2.75) is 20.3 Å². The van der Waals surface area contributed by atoms with Crippen LogP contribution in [-0.2, 0) is 16.0 Å². The number of hydrogen-bond acceptors (Lipinski definition) is 4. The highest BCUT2D eigenvalue weighted by molar-refractivity contribution is 5.91. The zero-order valence-electron chi connectivity index (χ0n) is 16.2. The Morgan fingerprint density at radius 3 is 2.32 bits per heavy atom. The summed E-state index contributed by atoms with van der Waals surface area (Å²) < 4.78 is 5.51. The quantitative estimate of drug-likeness (QED) is 0.598. The third-order valence-electron chi connectivity index (χ3n) is 4.14. The number of amides is 2. The van der Waals surface area contributed by atoms with Gasteiger partial charge < -0.3 is 21.1 Å². The van der Waals surface area contributed by atoms with E-state index in [0.717, 1.165) is 23.2 Å². The highest BCUT2D eigenvalue weighted by Gasteiger charge is 2.09. The van der Waals surface area contributed by atoms with E-state index in [1.807, 2.05) is 55.5 Å². The fourth-order valence-electron chi connectivity index (χ4n) is 2.35. The van der Waals surface area contributed by atoms with Gasteiger partial charge in [-0.2, -0.15) is 0 Å². The lowest BCUT2D eigenvalue weighted by molar-refractivity contribution is -0.124. The summed E-state index contributed by atoms with van der Waals surface area (Å²) in [7, 11) is 0. The van der Waals surface area contributed by atoms with Crippen molar-refractivity contribution < 1.29 is 14.3 Å². The number of anilines is 1. The van der Waals surface area contributed by atoms with Crippen LogP contribution in [0.5, 0.6) is 5.75 Å². The summed E-state index contributed by atoms with van der Waals surface area (Å²) in [6.07, 6.45) is 0.719. The van der Waals surface area contributed by atoms with Crippen molar-refractivity contribution in [2.24, 2.45) is 11.7 Å². The van der Waals surface area contributed by atoms with Crippen LogP contribution in [0.1, 0.15) is 18.1 Å². The lowest BCUT2D eigenvalue weighted by Crippen LogP contribution is -2.34. The minimum Gasteiger partial charge on any atom is -0.484 e. The summed E-state index contributed by atoms with van der Waals surface area (Å²) in [5, 5.41) is 5.65. The molecule has 0 aliphatic rings. The lowest BCUT2D eigenvalue weighted by Gasteiger charge is -2.10. The molecular weight excluding hydrogens is 378 g/mol. The van der Waals surface area contributed by atoms with Crippen molar-refractivity contribution >= 4 is 29.9 Å². The van der Waals surface area contributed by atoms with Gasteiger partial charge in [0.1, 0.15) is 5.75 Å². The first kappa shape index (κ1) is 23.5. The highest BCUT2D eigenvalue weighted by atomic mass is 35.5. The van der Waals surface area contributed by atoms with Crippen LogP contribution in [0, 0.1) is 12.8 Å². The van der Waals surface area contributed by atoms with Gasteiger partial charge in [0.2, 0.25) is 5.91 Å². The van der Waals surface area contributed by atoms with Crippen LogP contribution in [0.4, 0.5) is 5.69 Å². The standard InChI is InChI=1S/C21H27N3O3.ClH/c1-15-3-7-18(8-4-15)24-20(25)14-27-19-9-5-17(6-10-19)11-12-23-21(26)16(2)13-22;/h3-10,16H,11-14,22H2,1-2H3,(H,23,26)(H,24,25);1H. The van der Waals surface area contributed by atoms with Crippen molar-refractivity contribution in [3.05, 3.63) is 59.7 Å². The molecule has 0 bridgehead atoms. The van der Waals surface area contributed by atoms with Crippen LogP contribution in [0.25, 0.3) is 0 Å². The largest absolute Gasteiger partial charge is 0.484 e. The van der Waals surface area contributed by atoms with E-state index in [0.29, 0.717) is 18.8 Å². The molecule has 2 aromatic carbocycles. The molecule has 0 aliphatic heterocycles. The molecule has 2 rings (SSSR count). The molecule has 2 amide bonds. The number of ether oxygens (including phenoxy) is 1. The highest BCUT2D eigenvalue weighted by Crippen LogP contribution is 2.13. The van der Waals surface area contributed by atoms with Gasteiger partial charge in [0.05, 0.1) is 0 Å². The summed E-state index contributed by atoms with van der Waals surface area (Å²) in [6.45, 7) is 4.64. The number of carbonyl (C=O) groups is 2. The van der Waals surface area contributed by atoms with E-state index in [1.54, 1.807) is 6.92 Å². The van der Waals surface area contributed by atoms with Gasteiger partial charge in [0.25, 0.3) is 5.91 Å². The predicted molar refractivity (Wildman–Crippen MR) is 114 cm³/mol. The fourth-order valence-corrected chi connectivity index (χ4v) is 2.35. The third kappa shape index (κ3) is 7.98. The van der Waals surface area contributed by atoms with Gasteiger partial charge in [0.15, 0.2) is 6.61 Å². The minimum atomic E-state index is -0.209. The zero-order chi connectivity index (χ0) is 19.6. The van der Waals surface area contributed by atoms with Crippen LogP contribution in [-0.4, -0.2) is 31.5 Å². The maximum Gasteiger partial charge on any atom is 0.262 e. The molecule has 152 valence electrons. The monoisotopic (exact) mass is 405 g/mol. The Balaban J connectivity index is 0.00000392. The van der Waals surface area contributed by atoms with E-state index in [-0.39, 0.29) is 36.7 Å². The van der Waals surface area contributed by atoms with E-state index in [9.17, 15) is 9.59 Å². The summed E-state index contributed by atoms with van der Waals surface area (Å²) in [4.78, 5) is 23.6. The molecule has 0 spiro atoms. The Bertz CT molecular complexity index is 748. The second-order valence-electron chi connectivity index (χ2n) is 6.52. The van der Waals surface area contributed by atoms with Crippen LogP contribution < -0.4 is 21.1 Å². The maximum atomic E-state index is 11.9. The molecule has 0 saturated carbocycles. The first-order chi connectivity index (χ1) is 13.0. The van der Waals surface area contributed by atoms with Crippen LogP contribution in [0.15, 0.2) is 48.5 Å². The molecule has 6 nitrogen and oxygen atoms in total. The van der Waals surface area contributed by atoms with Crippen molar-refractivity contribution in [3.63, 3.8) is 0 Å². The van der Waals surface area contributed by atoms with E-state index < -0.39 is 0 Å². The van der Waals surface area contributed by atoms with E-state index >= 15 is 0 Å². The average molecular weight is 406 g/mol. The molecule has 2 aromatic rings. The molecule has 1 unspecified atom stereocenters. The molecule has 4 N–H and O–H groups in total. The topological polar surface area (TPSA) is 93.5 Å². The van der Waals surface area contributed by atoms with Gasteiger partial charge in [-0.25, -0.2) is 0 Å². The van der Waals surface area contributed by atoms with Crippen molar-refractivity contribution in [3.8, 4) is 5.75 Å². The maximum absolute atomic E-state index is 11.9. The summed E-state index contributed by atoms with van der Waals surface area (Å²) in [5.74, 6) is 0.210. The molecule has 28 heavy (non-hydrogen) atoms. The van der Waals surface area contributed by atoms with Crippen molar-refractivity contribution in [2.75, 3.05) is 25.0 Å². The molecule has 0 radical (unpaired) electrons. The van der Waals surface area contributed by atoms with E-state index in [4.69, 9.17) is 10.5 Å². The molecule has 0 saturated heterocycles.